The first kappa shape index (κ1) is 18.2. The van der Waals surface area contributed by atoms with Crippen LogP contribution >= 0.6 is 0 Å². The fourth-order valence-corrected chi connectivity index (χ4v) is 2.76. The monoisotopic (exact) mass is 328 g/mol. The molecule has 1 aromatic carbocycles. The van der Waals surface area contributed by atoms with Gasteiger partial charge in [-0.05, 0) is 32.0 Å². The molecule has 0 aliphatic carbocycles. The summed E-state index contributed by atoms with van der Waals surface area (Å²) in [6.07, 6.45) is 5.88. The van der Waals surface area contributed by atoms with Crippen LogP contribution in [0, 0.1) is 0 Å². The van der Waals surface area contributed by atoms with Crippen molar-refractivity contribution in [3.63, 3.8) is 0 Å². The van der Waals surface area contributed by atoms with E-state index in [4.69, 9.17) is 0 Å². The Morgan fingerprint density at radius 1 is 1.12 bits per heavy atom. The number of carbonyl (C=O) groups is 1. The zero-order chi connectivity index (χ0) is 17.4. The topological polar surface area (TPSA) is 41.4 Å². The summed E-state index contributed by atoms with van der Waals surface area (Å²) < 4.78 is 1.87. The van der Waals surface area contributed by atoms with Crippen molar-refractivity contribution in [2.24, 2.45) is 0 Å². The number of benzene rings is 1. The molecule has 0 radical (unpaired) electrons. The Labute approximate surface area is 144 Å². The fraction of sp³-hybridized carbons (Fsp3) is 0.474. The number of nitrogens with zero attached hydrogens (tertiary/aromatic N) is 4. The van der Waals surface area contributed by atoms with Crippen LogP contribution in [0.2, 0.25) is 0 Å². The van der Waals surface area contributed by atoms with E-state index in [1.165, 1.54) is 0 Å². The van der Waals surface area contributed by atoms with Crippen LogP contribution in [0.15, 0.2) is 42.7 Å². The molecule has 2 rings (SSSR count). The minimum absolute atomic E-state index is 0.205. The van der Waals surface area contributed by atoms with Crippen molar-refractivity contribution in [3.05, 3.63) is 48.3 Å². The van der Waals surface area contributed by atoms with E-state index in [9.17, 15) is 4.79 Å². The molecule has 2 aromatic rings. The Morgan fingerprint density at radius 2 is 1.79 bits per heavy atom. The van der Waals surface area contributed by atoms with Gasteiger partial charge >= 0.3 is 0 Å². The molecule has 0 fully saturated rings. The molecule has 0 unspecified atom stereocenters. The molecule has 0 saturated heterocycles. The van der Waals surface area contributed by atoms with Gasteiger partial charge in [0.2, 0.25) is 5.91 Å². The summed E-state index contributed by atoms with van der Waals surface area (Å²) in [6, 6.07) is 10.0. The Morgan fingerprint density at radius 3 is 2.42 bits per heavy atom. The number of carbonyl (C=O) groups excluding carboxylic acids is 1. The molecule has 5 nitrogen and oxygen atoms in total. The first-order valence-electron chi connectivity index (χ1n) is 8.69. The smallest absolute Gasteiger partial charge is 0.236 e. The van der Waals surface area contributed by atoms with Gasteiger partial charge in [0.1, 0.15) is 0 Å². The van der Waals surface area contributed by atoms with Crippen LogP contribution in [0.1, 0.15) is 32.3 Å². The Bertz CT molecular complexity index is 617. The lowest BCUT2D eigenvalue weighted by molar-refractivity contribution is -0.132. The van der Waals surface area contributed by atoms with Crippen molar-refractivity contribution in [3.8, 4) is 5.69 Å². The number of rotatable bonds is 9. The highest BCUT2D eigenvalue weighted by Crippen LogP contribution is 2.09. The molecule has 5 heteroatoms. The lowest BCUT2D eigenvalue weighted by atomic mass is 10.3. The molecule has 0 spiro atoms. The summed E-state index contributed by atoms with van der Waals surface area (Å²) in [6.45, 7) is 7.05. The van der Waals surface area contributed by atoms with Crippen molar-refractivity contribution >= 4 is 5.91 Å². The van der Waals surface area contributed by atoms with E-state index in [2.05, 4.69) is 18.9 Å². The van der Waals surface area contributed by atoms with E-state index in [0.29, 0.717) is 13.1 Å². The van der Waals surface area contributed by atoms with Gasteiger partial charge in [-0.3, -0.25) is 9.69 Å². The maximum Gasteiger partial charge on any atom is 0.236 e. The average Bonchev–Trinajstić information content (AvgIpc) is 3.03. The van der Waals surface area contributed by atoms with Gasteiger partial charge in [0.25, 0.3) is 0 Å². The minimum Gasteiger partial charge on any atom is -0.342 e. The molecule has 1 aromatic heterocycles. The fourth-order valence-electron chi connectivity index (χ4n) is 2.76. The number of amides is 1. The molecule has 0 bridgehead atoms. The number of hydrogen-bond acceptors (Lipinski definition) is 3. The minimum atomic E-state index is 0.205. The maximum atomic E-state index is 12.4. The van der Waals surface area contributed by atoms with Crippen LogP contribution in [0.5, 0.6) is 0 Å². The number of likely N-dealkylation sites (N-methyl/N-ethyl adjacent to an activating group) is 1. The number of para-hydroxylation sites is 1. The van der Waals surface area contributed by atoms with Crippen LogP contribution in [-0.4, -0.2) is 52.2 Å². The van der Waals surface area contributed by atoms with Crippen molar-refractivity contribution in [1.82, 2.24) is 19.6 Å². The lowest BCUT2D eigenvalue weighted by Gasteiger charge is -2.24. The second-order valence-corrected chi connectivity index (χ2v) is 6.18. The quantitative estimate of drug-likeness (QED) is 0.711. The predicted molar refractivity (Wildman–Crippen MR) is 97.1 cm³/mol. The van der Waals surface area contributed by atoms with Crippen molar-refractivity contribution in [2.75, 3.05) is 26.7 Å². The van der Waals surface area contributed by atoms with E-state index in [-0.39, 0.29) is 5.91 Å². The van der Waals surface area contributed by atoms with Crippen LogP contribution in [0.4, 0.5) is 0 Å². The third-order valence-corrected chi connectivity index (χ3v) is 3.85. The van der Waals surface area contributed by atoms with E-state index in [1.54, 1.807) is 0 Å². The molecule has 24 heavy (non-hydrogen) atoms. The number of aromatic nitrogens is 2. The SMILES string of the molecule is CCCN(CCC)C(=O)CN(C)Cc1cnn(-c2ccccc2)c1. The van der Waals surface area contributed by atoms with E-state index in [0.717, 1.165) is 37.2 Å². The van der Waals surface area contributed by atoms with Gasteiger partial charge in [-0.1, -0.05) is 32.0 Å². The lowest BCUT2D eigenvalue weighted by Crippen LogP contribution is -2.39. The van der Waals surface area contributed by atoms with Crippen molar-refractivity contribution in [2.45, 2.75) is 33.2 Å². The molecule has 0 saturated carbocycles. The first-order chi connectivity index (χ1) is 11.6. The summed E-state index contributed by atoms with van der Waals surface area (Å²) in [5.41, 5.74) is 2.14. The summed E-state index contributed by atoms with van der Waals surface area (Å²) in [5.74, 6) is 0.205. The highest BCUT2D eigenvalue weighted by molar-refractivity contribution is 5.78. The van der Waals surface area contributed by atoms with Gasteiger partial charge in [-0.15, -0.1) is 0 Å². The average molecular weight is 328 g/mol. The van der Waals surface area contributed by atoms with Crippen LogP contribution < -0.4 is 0 Å². The molecule has 0 N–H and O–H groups in total. The Hall–Kier alpha value is -2.14. The summed E-state index contributed by atoms with van der Waals surface area (Å²) in [7, 11) is 1.98. The summed E-state index contributed by atoms with van der Waals surface area (Å²) >= 11 is 0. The van der Waals surface area contributed by atoms with Crippen molar-refractivity contribution < 1.29 is 4.79 Å². The van der Waals surface area contributed by atoms with Crippen LogP contribution in [-0.2, 0) is 11.3 Å². The summed E-state index contributed by atoms with van der Waals surface area (Å²) in [5, 5.41) is 4.41. The van der Waals surface area contributed by atoms with Crippen LogP contribution in [0.25, 0.3) is 5.69 Å². The van der Waals surface area contributed by atoms with Crippen molar-refractivity contribution in [1.29, 1.82) is 0 Å². The maximum absolute atomic E-state index is 12.4. The Balaban J connectivity index is 1.91. The molecule has 1 heterocycles. The predicted octanol–water partition coefficient (Wildman–Crippen LogP) is 2.95. The molecular weight excluding hydrogens is 300 g/mol. The molecule has 0 atom stereocenters. The second-order valence-electron chi connectivity index (χ2n) is 6.18. The molecule has 130 valence electrons. The van der Waals surface area contributed by atoms with Crippen LogP contribution in [0.3, 0.4) is 0 Å². The van der Waals surface area contributed by atoms with Gasteiger partial charge in [-0.2, -0.15) is 5.10 Å². The molecule has 0 aliphatic heterocycles. The molecule has 0 aliphatic rings. The van der Waals surface area contributed by atoms with E-state index >= 15 is 0 Å². The van der Waals surface area contributed by atoms with E-state index < -0.39 is 0 Å². The highest BCUT2D eigenvalue weighted by Gasteiger charge is 2.14. The van der Waals surface area contributed by atoms with Gasteiger partial charge < -0.3 is 4.90 Å². The zero-order valence-electron chi connectivity index (χ0n) is 15.0. The standard InChI is InChI=1S/C19H28N4O/c1-4-11-22(12-5-2)19(24)16-21(3)14-17-13-20-23(15-17)18-9-7-6-8-10-18/h6-10,13,15H,4-5,11-12,14,16H2,1-3H3. The normalized spacial score (nSPS) is 11.0. The summed E-state index contributed by atoms with van der Waals surface area (Å²) in [4.78, 5) is 16.4. The first-order valence-corrected chi connectivity index (χ1v) is 8.69. The third-order valence-electron chi connectivity index (χ3n) is 3.85. The van der Waals surface area contributed by atoms with E-state index in [1.807, 2.05) is 64.3 Å². The zero-order valence-corrected chi connectivity index (χ0v) is 15.0. The second kappa shape index (κ2) is 9.23. The van der Waals surface area contributed by atoms with Gasteiger partial charge in [-0.25, -0.2) is 4.68 Å². The third kappa shape index (κ3) is 5.20. The molecular formula is C19H28N4O. The van der Waals surface area contributed by atoms with Gasteiger partial charge in [0.15, 0.2) is 0 Å². The number of hydrogen-bond donors (Lipinski definition) is 0. The highest BCUT2D eigenvalue weighted by atomic mass is 16.2. The Kier molecular flexibility index (Phi) is 7.00. The van der Waals surface area contributed by atoms with Gasteiger partial charge in [0.05, 0.1) is 18.4 Å². The molecule has 1 amide bonds. The van der Waals surface area contributed by atoms with Gasteiger partial charge in [0, 0.05) is 31.4 Å². The largest absolute Gasteiger partial charge is 0.342 e.